The quantitative estimate of drug-likeness (QED) is 0.772. The van der Waals surface area contributed by atoms with Crippen LogP contribution in [0.3, 0.4) is 0 Å². The molecule has 6 nitrogen and oxygen atoms in total. The summed E-state index contributed by atoms with van der Waals surface area (Å²) >= 11 is 0. The molecule has 2 N–H and O–H groups in total. The third kappa shape index (κ3) is 2.53. The van der Waals surface area contributed by atoms with E-state index in [0.717, 1.165) is 0 Å². The number of carbonyl (C=O) groups is 2. The zero-order valence-corrected chi connectivity index (χ0v) is 9.31. The normalized spacial score (nSPS) is 10.9. The average Bonchev–Trinajstić information content (AvgIpc) is 2.17. The summed E-state index contributed by atoms with van der Waals surface area (Å²) in [7, 11) is 0. The van der Waals surface area contributed by atoms with Crippen LogP contribution in [-0.4, -0.2) is 32.5 Å². The molecule has 0 radical (unpaired) electrons. The summed E-state index contributed by atoms with van der Waals surface area (Å²) in [4.78, 5) is 30.1. The summed E-state index contributed by atoms with van der Waals surface area (Å²) in [5.74, 6) is -1.60. The highest BCUT2D eigenvalue weighted by atomic mass is 16.4. The molecule has 0 saturated carbocycles. The summed E-state index contributed by atoms with van der Waals surface area (Å²) in [6.45, 7) is 4.48. The van der Waals surface area contributed by atoms with Crippen LogP contribution >= 0.6 is 0 Å². The van der Waals surface area contributed by atoms with E-state index in [1.807, 2.05) is 0 Å². The summed E-state index contributed by atoms with van der Waals surface area (Å²) in [6.07, 6.45) is 2.68. The molecule has 0 aliphatic carbocycles. The molecule has 1 heterocycles. The second-order valence-electron chi connectivity index (χ2n) is 3.91. The fraction of sp³-hybridized carbons (Fsp3) is 0.400. The molecule has 0 aromatic carbocycles. The van der Waals surface area contributed by atoms with Gasteiger partial charge < -0.3 is 10.4 Å². The van der Waals surface area contributed by atoms with Crippen molar-refractivity contribution in [2.75, 3.05) is 0 Å². The minimum Gasteiger partial charge on any atom is -0.480 e. The van der Waals surface area contributed by atoms with Gasteiger partial charge in [-0.3, -0.25) is 4.79 Å². The number of carboxylic acids is 1. The van der Waals surface area contributed by atoms with Gasteiger partial charge in [-0.05, 0) is 20.8 Å². The van der Waals surface area contributed by atoms with E-state index in [4.69, 9.17) is 5.11 Å². The molecule has 1 aromatic heterocycles. The molecule has 0 bridgehead atoms. The monoisotopic (exact) mass is 223 g/mol. The molecule has 16 heavy (non-hydrogen) atoms. The molecule has 0 spiro atoms. The van der Waals surface area contributed by atoms with E-state index in [1.54, 1.807) is 6.92 Å². The summed E-state index contributed by atoms with van der Waals surface area (Å²) in [5.41, 5.74) is -0.537. The van der Waals surface area contributed by atoms with Crippen LogP contribution in [0.4, 0.5) is 0 Å². The molecule has 0 atom stereocenters. The molecule has 0 fully saturated rings. The highest BCUT2D eigenvalue weighted by Gasteiger charge is 2.29. The summed E-state index contributed by atoms with van der Waals surface area (Å²) in [6, 6.07) is 0. The van der Waals surface area contributed by atoms with Gasteiger partial charge >= 0.3 is 5.97 Å². The summed E-state index contributed by atoms with van der Waals surface area (Å²) < 4.78 is 0. The van der Waals surface area contributed by atoms with Crippen molar-refractivity contribution in [1.29, 1.82) is 0 Å². The number of aliphatic carboxylic acids is 1. The lowest BCUT2D eigenvalue weighted by atomic mass is 10.1. The SMILES string of the molecule is Cc1ncncc1C(=O)NC(C)(C)C(=O)O. The van der Waals surface area contributed by atoms with E-state index in [0.29, 0.717) is 5.69 Å². The number of amides is 1. The maximum atomic E-state index is 11.7. The lowest BCUT2D eigenvalue weighted by molar-refractivity contribution is -0.143. The first-order valence-electron chi connectivity index (χ1n) is 4.67. The predicted octanol–water partition coefficient (Wildman–Crippen LogP) is 0.378. The molecule has 0 aliphatic heterocycles. The standard InChI is InChI=1S/C10H13N3O3/c1-6-7(4-11-5-12-6)8(14)13-10(2,3)9(15)16/h4-5H,1-3H3,(H,13,14)(H,15,16). The Morgan fingerprint density at radius 2 is 2.06 bits per heavy atom. The number of hydrogen-bond acceptors (Lipinski definition) is 4. The van der Waals surface area contributed by atoms with Crippen molar-refractivity contribution in [2.24, 2.45) is 0 Å². The van der Waals surface area contributed by atoms with Crippen molar-refractivity contribution >= 4 is 11.9 Å². The number of carboxylic acid groups (broad SMARTS) is 1. The van der Waals surface area contributed by atoms with Crippen LogP contribution in [0.1, 0.15) is 29.9 Å². The number of aryl methyl sites for hydroxylation is 1. The first-order valence-corrected chi connectivity index (χ1v) is 4.67. The Bertz CT molecular complexity index is 429. The van der Waals surface area contributed by atoms with E-state index in [1.165, 1.54) is 26.4 Å². The molecule has 1 aromatic rings. The highest BCUT2D eigenvalue weighted by molar-refractivity contribution is 5.98. The van der Waals surface area contributed by atoms with Crippen molar-refractivity contribution in [3.8, 4) is 0 Å². The molecule has 0 unspecified atom stereocenters. The minimum absolute atomic E-state index is 0.275. The largest absolute Gasteiger partial charge is 0.480 e. The maximum absolute atomic E-state index is 11.7. The second-order valence-corrected chi connectivity index (χ2v) is 3.91. The maximum Gasteiger partial charge on any atom is 0.328 e. The molecule has 1 rings (SSSR count). The van der Waals surface area contributed by atoms with Crippen LogP contribution in [0.25, 0.3) is 0 Å². The minimum atomic E-state index is -1.32. The van der Waals surface area contributed by atoms with Crippen molar-refractivity contribution < 1.29 is 14.7 Å². The van der Waals surface area contributed by atoms with Gasteiger partial charge in [0, 0.05) is 6.20 Å². The van der Waals surface area contributed by atoms with Crippen molar-refractivity contribution in [3.63, 3.8) is 0 Å². The van der Waals surface area contributed by atoms with Crippen LogP contribution in [-0.2, 0) is 4.79 Å². The average molecular weight is 223 g/mol. The van der Waals surface area contributed by atoms with Gasteiger partial charge in [-0.2, -0.15) is 0 Å². The van der Waals surface area contributed by atoms with Gasteiger partial charge in [0.15, 0.2) is 0 Å². The van der Waals surface area contributed by atoms with Gasteiger partial charge in [-0.25, -0.2) is 14.8 Å². The van der Waals surface area contributed by atoms with Gasteiger partial charge in [0.2, 0.25) is 0 Å². The van der Waals surface area contributed by atoms with Crippen molar-refractivity contribution in [3.05, 3.63) is 23.8 Å². The van der Waals surface area contributed by atoms with Gasteiger partial charge in [-0.1, -0.05) is 0 Å². The van der Waals surface area contributed by atoms with Crippen LogP contribution in [0.2, 0.25) is 0 Å². The number of rotatable bonds is 3. The van der Waals surface area contributed by atoms with Crippen LogP contribution in [0.5, 0.6) is 0 Å². The van der Waals surface area contributed by atoms with Gasteiger partial charge in [0.05, 0.1) is 11.3 Å². The Labute approximate surface area is 92.7 Å². The number of nitrogens with one attached hydrogen (secondary N) is 1. The molecular formula is C10H13N3O3. The molecule has 1 amide bonds. The third-order valence-electron chi connectivity index (χ3n) is 2.12. The Hall–Kier alpha value is -1.98. The Morgan fingerprint density at radius 3 is 2.56 bits per heavy atom. The first kappa shape index (κ1) is 12.1. The first-order chi connectivity index (χ1) is 7.34. The van der Waals surface area contributed by atoms with Crippen molar-refractivity contribution in [2.45, 2.75) is 26.3 Å². The van der Waals surface area contributed by atoms with E-state index in [-0.39, 0.29) is 5.56 Å². The number of carbonyl (C=O) groups excluding carboxylic acids is 1. The summed E-state index contributed by atoms with van der Waals surface area (Å²) in [5, 5.41) is 11.3. The second kappa shape index (κ2) is 4.26. The lowest BCUT2D eigenvalue weighted by Gasteiger charge is -2.21. The van der Waals surface area contributed by atoms with E-state index < -0.39 is 17.4 Å². The Morgan fingerprint density at radius 1 is 1.44 bits per heavy atom. The van der Waals surface area contributed by atoms with Gasteiger partial charge in [0.1, 0.15) is 11.9 Å². The zero-order valence-electron chi connectivity index (χ0n) is 9.31. The van der Waals surface area contributed by atoms with Crippen LogP contribution < -0.4 is 5.32 Å². The molecule has 86 valence electrons. The Balaban J connectivity index is 2.89. The fourth-order valence-corrected chi connectivity index (χ4v) is 1.02. The smallest absolute Gasteiger partial charge is 0.328 e. The topological polar surface area (TPSA) is 92.2 Å². The van der Waals surface area contributed by atoms with E-state index in [2.05, 4.69) is 15.3 Å². The number of aromatic nitrogens is 2. The predicted molar refractivity (Wildman–Crippen MR) is 56.0 cm³/mol. The highest BCUT2D eigenvalue weighted by Crippen LogP contribution is 2.07. The number of hydrogen-bond donors (Lipinski definition) is 2. The Kier molecular flexibility index (Phi) is 3.22. The van der Waals surface area contributed by atoms with Crippen LogP contribution in [0.15, 0.2) is 12.5 Å². The van der Waals surface area contributed by atoms with Crippen LogP contribution in [0, 0.1) is 6.92 Å². The molecule has 0 saturated heterocycles. The van der Waals surface area contributed by atoms with Crippen molar-refractivity contribution in [1.82, 2.24) is 15.3 Å². The van der Waals surface area contributed by atoms with Gasteiger partial charge in [-0.15, -0.1) is 0 Å². The van der Waals surface area contributed by atoms with Gasteiger partial charge in [0.25, 0.3) is 5.91 Å². The third-order valence-corrected chi connectivity index (χ3v) is 2.12. The fourth-order valence-electron chi connectivity index (χ4n) is 1.02. The molecule has 0 aliphatic rings. The van der Waals surface area contributed by atoms with E-state index in [9.17, 15) is 9.59 Å². The molecular weight excluding hydrogens is 210 g/mol. The zero-order chi connectivity index (χ0) is 12.3. The lowest BCUT2D eigenvalue weighted by Crippen LogP contribution is -2.49. The number of nitrogens with zero attached hydrogens (tertiary/aromatic N) is 2. The van der Waals surface area contributed by atoms with E-state index >= 15 is 0 Å². The molecule has 6 heteroatoms.